The minimum Gasteiger partial charge on any atom is -0.493 e. The molecule has 0 fully saturated rings. The molecule has 3 heterocycles. The van der Waals surface area contributed by atoms with Gasteiger partial charge in [0.1, 0.15) is 0 Å². The highest BCUT2D eigenvalue weighted by atomic mass is 32.1. The summed E-state index contributed by atoms with van der Waals surface area (Å²) in [5, 5.41) is 7.30. The summed E-state index contributed by atoms with van der Waals surface area (Å²) >= 11 is 1.55. The molecule has 0 aliphatic carbocycles. The van der Waals surface area contributed by atoms with E-state index in [0.29, 0.717) is 39.5 Å². The Morgan fingerprint density at radius 3 is 2.32 bits per heavy atom. The zero-order chi connectivity index (χ0) is 23.7. The molecule has 0 atom stereocenters. The molecule has 0 radical (unpaired) electrons. The number of carbonyl (C=O) groups excluding carboxylic acids is 1. The van der Waals surface area contributed by atoms with E-state index in [0.717, 1.165) is 10.6 Å². The third-order valence-corrected chi connectivity index (χ3v) is 6.28. The van der Waals surface area contributed by atoms with Crippen LogP contribution in [0.2, 0.25) is 0 Å². The van der Waals surface area contributed by atoms with Crippen LogP contribution in [0.1, 0.15) is 16.1 Å². The first-order valence-electron chi connectivity index (χ1n) is 10.5. The number of aromatic nitrogens is 3. The molecule has 0 bridgehead atoms. The molecule has 0 amide bonds. The van der Waals surface area contributed by atoms with Crippen LogP contribution in [0.15, 0.2) is 72.1 Å². The lowest BCUT2D eigenvalue weighted by Gasteiger charge is -2.13. The number of hydrogen-bond acceptors (Lipinski definition) is 7. The van der Waals surface area contributed by atoms with Crippen molar-refractivity contribution in [3.63, 3.8) is 0 Å². The van der Waals surface area contributed by atoms with Gasteiger partial charge >= 0.3 is 5.97 Å². The number of carbonyl (C=O) groups is 1. The van der Waals surface area contributed by atoms with Crippen molar-refractivity contribution in [1.29, 1.82) is 0 Å². The smallest absolute Gasteiger partial charge is 0.344 e. The predicted octanol–water partition coefficient (Wildman–Crippen LogP) is 5.69. The summed E-state index contributed by atoms with van der Waals surface area (Å²) in [6.07, 6.45) is 0. The lowest BCUT2D eigenvalue weighted by atomic mass is 10.1. The first-order valence-corrected chi connectivity index (χ1v) is 11.4. The van der Waals surface area contributed by atoms with E-state index >= 15 is 0 Å². The van der Waals surface area contributed by atoms with Gasteiger partial charge in [0.15, 0.2) is 17.1 Å². The van der Waals surface area contributed by atoms with Crippen LogP contribution in [-0.4, -0.2) is 35.0 Å². The average molecular weight is 472 g/mol. The maximum atomic E-state index is 13.6. The fourth-order valence-corrected chi connectivity index (χ4v) is 4.50. The summed E-state index contributed by atoms with van der Waals surface area (Å²) < 4.78 is 18.4. The summed E-state index contributed by atoms with van der Waals surface area (Å²) in [6, 6.07) is 20.6. The van der Waals surface area contributed by atoms with Crippen LogP contribution in [0.4, 0.5) is 0 Å². The number of ether oxygens (including phenoxy) is 3. The molecule has 5 rings (SSSR count). The fourth-order valence-electron chi connectivity index (χ4n) is 3.82. The van der Waals surface area contributed by atoms with Gasteiger partial charge in [0.05, 0.1) is 47.1 Å². The number of methoxy groups -OCH3 is 2. The summed E-state index contributed by atoms with van der Waals surface area (Å²) in [6.45, 7) is 1.86. The lowest BCUT2D eigenvalue weighted by molar-refractivity contribution is 0.0726. The Morgan fingerprint density at radius 1 is 0.941 bits per heavy atom. The number of esters is 1. The number of pyridine rings is 1. The van der Waals surface area contributed by atoms with Crippen LogP contribution in [0.3, 0.4) is 0 Å². The molecule has 0 N–H and O–H groups in total. The van der Waals surface area contributed by atoms with Crippen molar-refractivity contribution < 1.29 is 19.0 Å². The number of benzene rings is 2. The number of fused-ring (bicyclic) bond motifs is 1. The van der Waals surface area contributed by atoms with E-state index in [9.17, 15) is 4.79 Å². The van der Waals surface area contributed by atoms with Gasteiger partial charge in [-0.05, 0) is 48.7 Å². The minimum absolute atomic E-state index is 0.216. The number of rotatable bonds is 6. The van der Waals surface area contributed by atoms with Crippen LogP contribution in [-0.2, 0) is 0 Å². The summed E-state index contributed by atoms with van der Waals surface area (Å²) in [7, 11) is 3.03. The molecule has 5 aromatic rings. The van der Waals surface area contributed by atoms with Crippen molar-refractivity contribution in [2.45, 2.75) is 6.92 Å². The maximum Gasteiger partial charge on any atom is 0.344 e. The van der Waals surface area contributed by atoms with Gasteiger partial charge in [0.25, 0.3) is 0 Å². The van der Waals surface area contributed by atoms with Crippen molar-refractivity contribution in [2.24, 2.45) is 0 Å². The zero-order valence-corrected chi connectivity index (χ0v) is 19.6. The summed E-state index contributed by atoms with van der Waals surface area (Å²) in [5.74, 6) is 0.457. The van der Waals surface area contributed by atoms with Crippen molar-refractivity contribution in [3.8, 4) is 33.5 Å². The Morgan fingerprint density at radius 2 is 1.68 bits per heavy atom. The monoisotopic (exact) mass is 471 g/mol. The van der Waals surface area contributed by atoms with Crippen LogP contribution >= 0.6 is 11.3 Å². The Bertz CT molecular complexity index is 1460. The van der Waals surface area contributed by atoms with Gasteiger partial charge in [0, 0.05) is 0 Å². The van der Waals surface area contributed by atoms with Gasteiger partial charge in [-0.2, -0.15) is 5.10 Å². The van der Waals surface area contributed by atoms with E-state index < -0.39 is 5.97 Å². The highest BCUT2D eigenvalue weighted by Crippen LogP contribution is 2.38. The molecule has 0 aliphatic heterocycles. The molecule has 0 saturated carbocycles. The second-order valence-electron chi connectivity index (χ2n) is 7.44. The standard InChI is InChI=1S/C26H21N3O4S/c1-16-23-18(26(30)33-24-20(31-2)11-7-12-21(24)32-3)15-19(22-13-8-14-34-22)27-25(23)29(28-16)17-9-5-4-6-10-17/h4-15H,1-3H3. The Balaban J connectivity index is 1.71. The molecular weight excluding hydrogens is 450 g/mol. The third-order valence-electron chi connectivity index (χ3n) is 5.38. The molecule has 3 aromatic heterocycles. The normalized spacial score (nSPS) is 10.9. The van der Waals surface area contributed by atoms with Gasteiger partial charge in [-0.15, -0.1) is 11.3 Å². The van der Waals surface area contributed by atoms with E-state index in [1.165, 1.54) is 14.2 Å². The van der Waals surface area contributed by atoms with E-state index in [1.54, 1.807) is 40.3 Å². The van der Waals surface area contributed by atoms with Crippen LogP contribution in [0.5, 0.6) is 17.2 Å². The molecule has 0 aliphatic rings. The second kappa shape index (κ2) is 8.99. The first-order chi connectivity index (χ1) is 16.6. The molecule has 0 spiro atoms. The Labute approximate surface area is 200 Å². The molecule has 7 nitrogen and oxygen atoms in total. The van der Waals surface area contributed by atoms with Crippen molar-refractivity contribution >= 4 is 28.3 Å². The van der Waals surface area contributed by atoms with Gasteiger partial charge in [-0.25, -0.2) is 14.5 Å². The SMILES string of the molecule is COc1cccc(OC)c1OC(=O)c1cc(-c2cccs2)nc2c1c(C)nn2-c1ccccc1. The average Bonchev–Trinajstić information content (AvgIpc) is 3.52. The van der Waals surface area contributed by atoms with Crippen LogP contribution < -0.4 is 14.2 Å². The highest BCUT2D eigenvalue weighted by Gasteiger charge is 2.24. The number of nitrogens with zero attached hydrogens (tertiary/aromatic N) is 3. The first kappa shape index (κ1) is 21.7. The zero-order valence-electron chi connectivity index (χ0n) is 18.8. The molecule has 0 saturated heterocycles. The fraction of sp³-hybridized carbons (Fsp3) is 0.115. The largest absolute Gasteiger partial charge is 0.493 e. The van der Waals surface area contributed by atoms with E-state index in [4.69, 9.17) is 24.3 Å². The predicted molar refractivity (Wildman–Crippen MR) is 131 cm³/mol. The molecular formula is C26H21N3O4S. The molecule has 8 heteroatoms. The topological polar surface area (TPSA) is 75.5 Å². The minimum atomic E-state index is -0.552. The summed E-state index contributed by atoms with van der Waals surface area (Å²) in [4.78, 5) is 19.4. The highest BCUT2D eigenvalue weighted by molar-refractivity contribution is 7.13. The lowest BCUT2D eigenvalue weighted by Crippen LogP contribution is -2.12. The van der Waals surface area contributed by atoms with Crippen LogP contribution in [0, 0.1) is 6.92 Å². The quantitative estimate of drug-likeness (QED) is 0.234. The number of hydrogen-bond donors (Lipinski definition) is 0. The molecule has 2 aromatic carbocycles. The van der Waals surface area contributed by atoms with E-state index in [-0.39, 0.29) is 5.75 Å². The van der Waals surface area contributed by atoms with Crippen LogP contribution in [0.25, 0.3) is 27.3 Å². The number of para-hydroxylation sites is 2. The molecule has 34 heavy (non-hydrogen) atoms. The Hall–Kier alpha value is -4.17. The molecule has 0 unspecified atom stereocenters. The van der Waals surface area contributed by atoms with E-state index in [2.05, 4.69) is 0 Å². The second-order valence-corrected chi connectivity index (χ2v) is 8.39. The third kappa shape index (κ3) is 3.78. The van der Waals surface area contributed by atoms with Crippen molar-refractivity contribution in [2.75, 3.05) is 14.2 Å². The number of thiophene rings is 1. The van der Waals surface area contributed by atoms with E-state index in [1.807, 2.05) is 54.8 Å². The summed E-state index contributed by atoms with van der Waals surface area (Å²) in [5.41, 5.74) is 3.12. The van der Waals surface area contributed by atoms with Gasteiger partial charge < -0.3 is 14.2 Å². The maximum absolute atomic E-state index is 13.6. The van der Waals surface area contributed by atoms with Gasteiger partial charge in [0.2, 0.25) is 5.75 Å². The number of aryl methyl sites for hydroxylation is 1. The Kier molecular flexibility index (Phi) is 5.73. The van der Waals surface area contributed by atoms with Gasteiger partial charge in [-0.1, -0.05) is 30.3 Å². The molecule has 170 valence electrons. The van der Waals surface area contributed by atoms with Gasteiger partial charge in [-0.3, -0.25) is 0 Å². The van der Waals surface area contributed by atoms with Crippen molar-refractivity contribution in [1.82, 2.24) is 14.8 Å². The van der Waals surface area contributed by atoms with Crippen molar-refractivity contribution in [3.05, 3.63) is 83.4 Å².